The second kappa shape index (κ2) is 7.32. The number of hydrogen-bond donors (Lipinski definition) is 2. The van der Waals surface area contributed by atoms with Gasteiger partial charge in [-0.1, -0.05) is 23.5 Å². The zero-order valence-corrected chi connectivity index (χ0v) is 14.9. The summed E-state index contributed by atoms with van der Waals surface area (Å²) >= 11 is 1.49. The highest BCUT2D eigenvalue weighted by Gasteiger charge is 2.08. The Kier molecular flexibility index (Phi) is 4.72. The highest BCUT2D eigenvalue weighted by molar-refractivity contribution is 7.18. The van der Waals surface area contributed by atoms with Gasteiger partial charge in [-0.3, -0.25) is 4.98 Å². The van der Waals surface area contributed by atoms with Crippen molar-refractivity contribution in [2.75, 3.05) is 11.9 Å². The minimum Gasteiger partial charge on any atom is -0.408 e. The van der Waals surface area contributed by atoms with Crippen LogP contribution in [0.5, 0.6) is 0 Å². The third kappa shape index (κ3) is 3.90. The van der Waals surface area contributed by atoms with Gasteiger partial charge < -0.3 is 9.73 Å². The number of hydrogen-bond acceptors (Lipinski definition) is 5. The van der Waals surface area contributed by atoms with Gasteiger partial charge in [0.25, 0.3) is 0 Å². The number of H-pyrrole nitrogens is 1. The van der Waals surface area contributed by atoms with Crippen molar-refractivity contribution < 1.29 is 13.2 Å². The molecule has 0 spiro atoms. The monoisotopic (exact) mass is 387 g/mol. The molecule has 0 saturated carbocycles. The van der Waals surface area contributed by atoms with Gasteiger partial charge in [-0.05, 0) is 48.2 Å². The van der Waals surface area contributed by atoms with E-state index in [9.17, 15) is 13.6 Å². The lowest BCUT2D eigenvalue weighted by atomic mass is 10.1. The lowest BCUT2D eigenvalue weighted by Crippen LogP contribution is -2.02. The maximum Gasteiger partial charge on any atom is 0.417 e. The number of aromatic amines is 1. The average molecular weight is 387 g/mol. The van der Waals surface area contributed by atoms with Gasteiger partial charge >= 0.3 is 5.76 Å². The lowest BCUT2D eigenvalue weighted by Gasteiger charge is -2.04. The number of aryl methyl sites for hydroxylation is 1. The third-order valence-electron chi connectivity index (χ3n) is 4.11. The Hall–Kier alpha value is -3.00. The van der Waals surface area contributed by atoms with E-state index in [0.29, 0.717) is 24.1 Å². The van der Waals surface area contributed by atoms with E-state index in [2.05, 4.69) is 15.3 Å². The van der Waals surface area contributed by atoms with E-state index < -0.39 is 17.4 Å². The molecule has 2 aromatic heterocycles. The number of aromatic nitrogens is 2. The molecule has 0 unspecified atom stereocenters. The Morgan fingerprint density at radius 2 is 2.04 bits per heavy atom. The molecule has 0 aliphatic carbocycles. The van der Waals surface area contributed by atoms with Crippen LogP contribution < -0.4 is 11.1 Å². The van der Waals surface area contributed by atoms with Crippen molar-refractivity contribution >= 4 is 27.6 Å². The first-order chi connectivity index (χ1) is 13.1. The number of rotatable bonds is 6. The minimum absolute atomic E-state index is 0.477. The molecule has 5 nitrogen and oxygen atoms in total. The van der Waals surface area contributed by atoms with Crippen molar-refractivity contribution in [3.63, 3.8) is 0 Å². The molecule has 4 aromatic rings. The first-order valence-corrected chi connectivity index (χ1v) is 9.17. The van der Waals surface area contributed by atoms with E-state index in [1.165, 1.54) is 17.4 Å². The van der Waals surface area contributed by atoms with E-state index in [4.69, 9.17) is 4.42 Å². The number of benzene rings is 2. The predicted octanol–water partition coefficient (Wildman–Crippen LogP) is 4.57. The number of nitrogens with zero attached hydrogens (tertiary/aromatic N) is 1. The maximum absolute atomic E-state index is 13.2. The van der Waals surface area contributed by atoms with Crippen LogP contribution >= 0.6 is 11.3 Å². The molecule has 0 fully saturated rings. The van der Waals surface area contributed by atoms with Gasteiger partial charge in [-0.25, -0.2) is 18.6 Å². The predicted molar refractivity (Wildman–Crippen MR) is 101 cm³/mol. The van der Waals surface area contributed by atoms with Crippen LogP contribution in [0.1, 0.15) is 12.0 Å². The van der Waals surface area contributed by atoms with E-state index >= 15 is 0 Å². The van der Waals surface area contributed by atoms with Gasteiger partial charge in [-0.15, -0.1) is 0 Å². The summed E-state index contributed by atoms with van der Waals surface area (Å²) in [6.07, 6.45) is 3.17. The Morgan fingerprint density at radius 1 is 1.15 bits per heavy atom. The minimum atomic E-state index is -0.829. The fourth-order valence-corrected chi connectivity index (χ4v) is 3.61. The molecule has 0 atom stereocenters. The van der Waals surface area contributed by atoms with Crippen molar-refractivity contribution in [3.05, 3.63) is 70.3 Å². The summed E-state index contributed by atoms with van der Waals surface area (Å²) in [7, 11) is 0. The first kappa shape index (κ1) is 17.4. The highest BCUT2D eigenvalue weighted by Crippen LogP contribution is 2.30. The van der Waals surface area contributed by atoms with Crippen LogP contribution in [-0.2, 0) is 6.42 Å². The van der Waals surface area contributed by atoms with Gasteiger partial charge in [0.05, 0.1) is 10.4 Å². The summed E-state index contributed by atoms with van der Waals surface area (Å²) in [5.74, 6) is -2.13. The van der Waals surface area contributed by atoms with Crippen molar-refractivity contribution in [2.24, 2.45) is 0 Å². The molecule has 138 valence electrons. The van der Waals surface area contributed by atoms with E-state index in [1.54, 1.807) is 24.4 Å². The Morgan fingerprint density at radius 3 is 2.89 bits per heavy atom. The standard InChI is InChI=1S/C19H15F2N3O2S/c20-13-5-3-11(8-14(13)21)2-1-7-22-18-23-10-17(27-18)12-4-6-15-16(9-12)26-19(25)24-15/h3-6,8-10H,1-2,7H2,(H,22,23)(H,24,25). The molecule has 8 heteroatoms. The van der Waals surface area contributed by atoms with Crippen molar-refractivity contribution in [2.45, 2.75) is 12.8 Å². The van der Waals surface area contributed by atoms with Crippen molar-refractivity contribution in [3.8, 4) is 10.4 Å². The van der Waals surface area contributed by atoms with Crippen LogP contribution in [0, 0.1) is 11.6 Å². The molecule has 2 aromatic carbocycles. The highest BCUT2D eigenvalue weighted by atomic mass is 32.1. The second-order valence-corrected chi connectivity index (χ2v) is 7.06. The van der Waals surface area contributed by atoms with Crippen LogP contribution in [0.25, 0.3) is 21.5 Å². The molecule has 0 amide bonds. The lowest BCUT2D eigenvalue weighted by molar-refractivity contribution is 0.507. The quantitative estimate of drug-likeness (QED) is 0.476. The molecule has 0 radical (unpaired) electrons. The van der Waals surface area contributed by atoms with Crippen LogP contribution in [0.3, 0.4) is 0 Å². The second-order valence-electron chi connectivity index (χ2n) is 6.03. The molecule has 2 heterocycles. The summed E-state index contributed by atoms with van der Waals surface area (Å²) in [5, 5.41) is 4.00. The van der Waals surface area contributed by atoms with Gasteiger partial charge in [0.2, 0.25) is 0 Å². The van der Waals surface area contributed by atoms with Gasteiger partial charge in [0.1, 0.15) is 0 Å². The van der Waals surface area contributed by atoms with E-state index in [0.717, 1.165) is 33.6 Å². The molecule has 0 aliphatic rings. The van der Waals surface area contributed by atoms with Gasteiger partial charge in [0.15, 0.2) is 22.3 Å². The number of anilines is 1. The summed E-state index contributed by atoms with van der Waals surface area (Å²) in [5.41, 5.74) is 2.84. The summed E-state index contributed by atoms with van der Waals surface area (Å²) in [6, 6.07) is 9.46. The topological polar surface area (TPSA) is 70.9 Å². The zero-order chi connectivity index (χ0) is 18.8. The normalized spacial score (nSPS) is 11.2. The van der Waals surface area contributed by atoms with Crippen molar-refractivity contribution in [1.29, 1.82) is 0 Å². The van der Waals surface area contributed by atoms with Crippen LogP contribution in [0.4, 0.5) is 13.9 Å². The smallest absolute Gasteiger partial charge is 0.408 e. The largest absolute Gasteiger partial charge is 0.417 e. The van der Waals surface area contributed by atoms with Crippen LogP contribution in [0.15, 0.2) is 51.8 Å². The SMILES string of the molecule is O=c1[nH]c2ccc(-c3cnc(NCCCc4ccc(F)c(F)c4)s3)cc2o1. The molecular formula is C19H15F2N3O2S. The molecule has 0 bridgehead atoms. The number of halogens is 2. The average Bonchev–Trinajstić information content (AvgIpc) is 3.26. The Bertz CT molecular complexity index is 1150. The first-order valence-electron chi connectivity index (χ1n) is 8.35. The van der Waals surface area contributed by atoms with Gasteiger partial charge in [0, 0.05) is 12.7 Å². The molecular weight excluding hydrogens is 372 g/mol. The van der Waals surface area contributed by atoms with Crippen LogP contribution in [0.2, 0.25) is 0 Å². The van der Waals surface area contributed by atoms with E-state index in [1.807, 2.05) is 6.07 Å². The van der Waals surface area contributed by atoms with Gasteiger partial charge in [-0.2, -0.15) is 0 Å². The molecule has 0 aliphatic heterocycles. The number of nitrogens with one attached hydrogen (secondary N) is 2. The Balaban J connectivity index is 1.36. The molecule has 27 heavy (non-hydrogen) atoms. The van der Waals surface area contributed by atoms with Crippen LogP contribution in [-0.4, -0.2) is 16.5 Å². The summed E-state index contributed by atoms with van der Waals surface area (Å²) < 4.78 is 31.2. The Labute approximate surface area is 156 Å². The fourth-order valence-electron chi connectivity index (χ4n) is 2.77. The van der Waals surface area contributed by atoms with E-state index in [-0.39, 0.29) is 0 Å². The summed E-state index contributed by atoms with van der Waals surface area (Å²) in [4.78, 5) is 19.1. The fraction of sp³-hybridized carbons (Fsp3) is 0.158. The number of oxazole rings is 1. The zero-order valence-electron chi connectivity index (χ0n) is 14.1. The van der Waals surface area contributed by atoms with Crippen molar-refractivity contribution in [1.82, 2.24) is 9.97 Å². The summed E-state index contributed by atoms with van der Waals surface area (Å²) in [6.45, 7) is 0.664. The molecule has 0 saturated heterocycles. The molecule has 2 N–H and O–H groups in total. The molecule has 4 rings (SSSR count). The number of thiazole rings is 1. The maximum atomic E-state index is 13.2. The number of fused-ring (bicyclic) bond motifs is 1. The third-order valence-corrected chi connectivity index (χ3v) is 5.12.